The van der Waals surface area contributed by atoms with E-state index in [0.29, 0.717) is 6.54 Å². The summed E-state index contributed by atoms with van der Waals surface area (Å²) in [6.45, 7) is 2.86. The Morgan fingerprint density at radius 3 is 2.91 bits per heavy atom. The lowest BCUT2D eigenvalue weighted by molar-refractivity contribution is 0.0177. The lowest BCUT2D eigenvalue weighted by Crippen LogP contribution is -2.45. The summed E-state index contributed by atoms with van der Waals surface area (Å²) in [5.74, 6) is 1.33. The predicted molar refractivity (Wildman–Crippen MR) is 84.3 cm³/mol. The molecule has 0 bridgehead atoms. The second-order valence-electron chi connectivity index (χ2n) is 7.08. The Kier molecular flexibility index (Phi) is 4.69. The van der Waals surface area contributed by atoms with E-state index in [-0.39, 0.29) is 17.8 Å². The highest BCUT2D eigenvalue weighted by atomic mass is 19.1. The van der Waals surface area contributed by atoms with Crippen LogP contribution in [0.1, 0.15) is 37.7 Å². The van der Waals surface area contributed by atoms with Crippen molar-refractivity contribution in [2.45, 2.75) is 38.6 Å². The van der Waals surface area contributed by atoms with Crippen LogP contribution in [0.3, 0.4) is 0 Å². The largest absolute Gasteiger partial charge is 0.496 e. The van der Waals surface area contributed by atoms with Gasteiger partial charge in [-0.05, 0) is 49.9 Å². The smallest absolute Gasteiger partial charge is 0.123 e. The summed E-state index contributed by atoms with van der Waals surface area (Å²) in [7, 11) is 1.62. The molecule has 1 aromatic rings. The maximum absolute atomic E-state index is 13.5. The Hall–Kier alpha value is -1.13. The number of nitrogens with zero attached hydrogens (tertiary/aromatic N) is 1. The third kappa shape index (κ3) is 3.61. The molecule has 0 spiro atoms. The number of benzene rings is 1. The molecule has 1 aromatic carbocycles. The second kappa shape index (κ2) is 6.55. The number of halogens is 1. The zero-order chi connectivity index (χ0) is 15.6. The van der Waals surface area contributed by atoms with Crippen LogP contribution < -0.4 is 4.74 Å². The van der Waals surface area contributed by atoms with Crippen LogP contribution in [0.25, 0.3) is 0 Å². The molecule has 2 fully saturated rings. The molecule has 0 radical (unpaired) electrons. The van der Waals surface area contributed by atoms with Gasteiger partial charge in [-0.1, -0.05) is 12.8 Å². The molecule has 1 heterocycles. The lowest BCUT2D eigenvalue weighted by Gasteiger charge is -2.42. The summed E-state index contributed by atoms with van der Waals surface area (Å²) in [5.41, 5.74) is 0.933. The van der Waals surface area contributed by atoms with E-state index in [1.54, 1.807) is 19.2 Å². The van der Waals surface area contributed by atoms with E-state index in [1.165, 1.54) is 18.9 Å². The highest BCUT2D eigenvalue weighted by Crippen LogP contribution is 2.44. The van der Waals surface area contributed by atoms with Crippen molar-refractivity contribution in [2.75, 3.05) is 26.8 Å². The predicted octanol–water partition coefficient (Wildman–Crippen LogP) is 3.21. The number of likely N-dealkylation sites (tertiary alicyclic amines) is 1. The minimum atomic E-state index is -0.223. The highest BCUT2D eigenvalue weighted by Gasteiger charge is 2.39. The molecule has 0 aromatic heterocycles. The number of piperidine rings is 1. The van der Waals surface area contributed by atoms with E-state index in [0.717, 1.165) is 49.6 Å². The van der Waals surface area contributed by atoms with Gasteiger partial charge >= 0.3 is 0 Å². The van der Waals surface area contributed by atoms with Crippen molar-refractivity contribution >= 4 is 0 Å². The van der Waals surface area contributed by atoms with Crippen molar-refractivity contribution in [3.8, 4) is 5.75 Å². The number of rotatable bonds is 6. The van der Waals surface area contributed by atoms with Gasteiger partial charge in [0.1, 0.15) is 11.6 Å². The van der Waals surface area contributed by atoms with Crippen LogP contribution >= 0.6 is 0 Å². The fourth-order valence-electron chi connectivity index (χ4n) is 3.85. The first-order chi connectivity index (χ1) is 10.6. The van der Waals surface area contributed by atoms with Crippen molar-refractivity contribution in [1.82, 2.24) is 4.90 Å². The minimum Gasteiger partial charge on any atom is -0.496 e. The molecule has 1 aliphatic carbocycles. The lowest BCUT2D eigenvalue weighted by atomic mass is 9.76. The van der Waals surface area contributed by atoms with Gasteiger partial charge in [0.2, 0.25) is 0 Å². The normalized spacial score (nSPS) is 26.1. The molecular weight excluding hydrogens is 281 g/mol. The van der Waals surface area contributed by atoms with Gasteiger partial charge in [0, 0.05) is 30.7 Å². The van der Waals surface area contributed by atoms with Crippen LogP contribution in [0.4, 0.5) is 4.39 Å². The molecule has 22 heavy (non-hydrogen) atoms. The number of ether oxygens (including phenoxy) is 1. The third-order valence-corrected chi connectivity index (χ3v) is 5.13. The molecular formula is C18H26FNO2. The molecule has 0 amide bonds. The van der Waals surface area contributed by atoms with Crippen LogP contribution in [0.15, 0.2) is 18.2 Å². The van der Waals surface area contributed by atoms with Crippen LogP contribution in [-0.4, -0.2) is 36.8 Å². The molecule has 1 aliphatic heterocycles. The number of methoxy groups -OCH3 is 1. The van der Waals surface area contributed by atoms with Gasteiger partial charge in [0.15, 0.2) is 0 Å². The van der Waals surface area contributed by atoms with Crippen LogP contribution in [-0.2, 0) is 6.54 Å². The van der Waals surface area contributed by atoms with E-state index in [4.69, 9.17) is 4.74 Å². The van der Waals surface area contributed by atoms with E-state index < -0.39 is 0 Å². The van der Waals surface area contributed by atoms with Crippen molar-refractivity contribution in [3.63, 3.8) is 0 Å². The van der Waals surface area contributed by atoms with Gasteiger partial charge in [-0.25, -0.2) is 4.39 Å². The molecule has 3 nitrogen and oxygen atoms in total. The van der Waals surface area contributed by atoms with E-state index in [2.05, 4.69) is 4.90 Å². The summed E-state index contributed by atoms with van der Waals surface area (Å²) >= 11 is 0. The Morgan fingerprint density at radius 1 is 1.41 bits per heavy atom. The first-order valence-electron chi connectivity index (χ1n) is 8.30. The van der Waals surface area contributed by atoms with Gasteiger partial charge in [0.25, 0.3) is 0 Å². The zero-order valence-electron chi connectivity index (χ0n) is 13.4. The summed E-state index contributed by atoms with van der Waals surface area (Å²) in [5, 5.41) is 9.94. The van der Waals surface area contributed by atoms with Crippen LogP contribution in [0.2, 0.25) is 0 Å². The summed E-state index contributed by atoms with van der Waals surface area (Å²) in [6.07, 6.45) is 5.99. The van der Waals surface area contributed by atoms with Gasteiger partial charge in [-0.2, -0.15) is 0 Å². The maximum Gasteiger partial charge on any atom is 0.123 e. The second-order valence-corrected chi connectivity index (χ2v) is 7.08. The fourth-order valence-corrected chi connectivity index (χ4v) is 3.85. The summed E-state index contributed by atoms with van der Waals surface area (Å²) in [4.78, 5) is 2.35. The molecule has 4 heteroatoms. The Labute approximate surface area is 132 Å². The molecule has 2 aliphatic rings. The number of aliphatic hydroxyl groups is 1. The van der Waals surface area contributed by atoms with Crippen molar-refractivity contribution in [1.29, 1.82) is 0 Å². The first-order valence-corrected chi connectivity index (χ1v) is 8.30. The third-order valence-electron chi connectivity index (χ3n) is 5.13. The van der Waals surface area contributed by atoms with Crippen molar-refractivity contribution in [2.24, 2.45) is 11.3 Å². The number of aliphatic hydroxyl groups excluding tert-OH is 1. The van der Waals surface area contributed by atoms with Crippen LogP contribution in [0.5, 0.6) is 5.75 Å². The molecule has 1 N–H and O–H groups in total. The molecule has 0 unspecified atom stereocenters. The Morgan fingerprint density at radius 2 is 2.23 bits per heavy atom. The van der Waals surface area contributed by atoms with E-state index in [1.807, 2.05) is 0 Å². The molecule has 122 valence electrons. The maximum atomic E-state index is 13.5. The van der Waals surface area contributed by atoms with Gasteiger partial charge < -0.3 is 9.84 Å². The Balaban J connectivity index is 1.70. The molecule has 1 saturated carbocycles. The number of hydrogen-bond acceptors (Lipinski definition) is 3. The average molecular weight is 307 g/mol. The highest BCUT2D eigenvalue weighted by molar-refractivity contribution is 5.33. The monoisotopic (exact) mass is 307 g/mol. The number of hydrogen-bond donors (Lipinski definition) is 1. The molecule has 1 saturated heterocycles. The molecule has 1 atom stereocenters. The van der Waals surface area contributed by atoms with Gasteiger partial charge in [-0.15, -0.1) is 0 Å². The molecule has 3 rings (SSSR count). The first kappa shape index (κ1) is 15.8. The van der Waals surface area contributed by atoms with Gasteiger partial charge in [-0.3, -0.25) is 4.90 Å². The quantitative estimate of drug-likeness (QED) is 0.876. The van der Waals surface area contributed by atoms with Crippen molar-refractivity contribution in [3.05, 3.63) is 29.6 Å². The topological polar surface area (TPSA) is 32.7 Å². The zero-order valence-corrected chi connectivity index (χ0v) is 13.4. The standard InChI is InChI=1S/C18H26FNO2/c1-22-17-6-5-16(19)9-15(17)11-20-8-2-7-18(12-20,13-21)10-14-3-4-14/h5-6,9,14,21H,2-4,7-8,10-13H2,1H3/t18-/m1/s1. The summed E-state index contributed by atoms with van der Waals surface area (Å²) in [6, 6.07) is 4.69. The minimum absolute atomic E-state index is 0.0416. The van der Waals surface area contributed by atoms with Crippen molar-refractivity contribution < 1.29 is 14.2 Å². The fraction of sp³-hybridized carbons (Fsp3) is 0.667. The van der Waals surface area contributed by atoms with E-state index >= 15 is 0 Å². The van der Waals surface area contributed by atoms with E-state index in [9.17, 15) is 9.50 Å². The van der Waals surface area contributed by atoms with Gasteiger partial charge in [0.05, 0.1) is 7.11 Å². The SMILES string of the molecule is COc1ccc(F)cc1CN1CCC[C@@](CO)(CC2CC2)C1. The average Bonchev–Trinajstić information content (AvgIpc) is 3.32. The Bertz CT molecular complexity index is 518. The summed E-state index contributed by atoms with van der Waals surface area (Å²) < 4.78 is 18.9. The van der Waals surface area contributed by atoms with Crippen LogP contribution in [0, 0.1) is 17.2 Å².